The molecule has 1 amide bonds. The van der Waals surface area contributed by atoms with Crippen molar-refractivity contribution >= 4 is 11.8 Å². The number of carbonyl (C=O) groups is 1. The number of rotatable bonds is 3. The van der Waals surface area contributed by atoms with Crippen molar-refractivity contribution in [3.05, 3.63) is 29.8 Å². The second-order valence-corrected chi connectivity index (χ2v) is 5.06. The van der Waals surface area contributed by atoms with Crippen LogP contribution in [0.4, 0.5) is 10.5 Å². The van der Waals surface area contributed by atoms with Crippen LogP contribution >= 0.6 is 0 Å². The molecule has 0 atom stereocenters. The molecule has 0 fully saturated rings. The maximum Gasteiger partial charge on any atom is 0.414 e. The fourth-order valence-electron chi connectivity index (χ4n) is 1.66. The van der Waals surface area contributed by atoms with Crippen LogP contribution < -0.4 is 10.6 Å². The van der Waals surface area contributed by atoms with Gasteiger partial charge in [-0.3, -0.25) is 4.90 Å². The summed E-state index contributed by atoms with van der Waals surface area (Å²) < 4.78 is 5.39. The Labute approximate surface area is 109 Å². The Bertz CT molecular complexity index is 411. The highest BCUT2D eigenvalue weighted by molar-refractivity contribution is 5.88. The third-order valence-corrected chi connectivity index (χ3v) is 2.43. The van der Waals surface area contributed by atoms with Gasteiger partial charge in [0.05, 0.1) is 5.69 Å². The molecule has 0 radical (unpaired) electrons. The Morgan fingerprint density at radius 1 is 1.33 bits per heavy atom. The van der Waals surface area contributed by atoms with E-state index >= 15 is 0 Å². The summed E-state index contributed by atoms with van der Waals surface area (Å²) >= 11 is 0. The molecule has 0 unspecified atom stereocenters. The van der Waals surface area contributed by atoms with Crippen molar-refractivity contribution in [3.8, 4) is 0 Å². The number of para-hydroxylation sites is 1. The van der Waals surface area contributed by atoms with Gasteiger partial charge in [-0.25, -0.2) is 4.79 Å². The molecule has 1 aromatic carbocycles. The molecule has 0 saturated heterocycles. The molecule has 4 nitrogen and oxygen atoms in total. The highest BCUT2D eigenvalue weighted by Crippen LogP contribution is 2.22. The Kier molecular flexibility index (Phi) is 4.73. The minimum atomic E-state index is -0.498. The van der Waals surface area contributed by atoms with Crippen LogP contribution in [0.2, 0.25) is 0 Å². The number of nitrogens with zero attached hydrogens (tertiary/aromatic N) is 1. The highest BCUT2D eigenvalue weighted by Gasteiger charge is 2.23. The van der Waals surface area contributed by atoms with E-state index in [2.05, 4.69) is 0 Å². The molecule has 0 heterocycles. The van der Waals surface area contributed by atoms with Crippen LogP contribution in [0.1, 0.15) is 33.3 Å². The first-order chi connectivity index (χ1) is 8.39. The smallest absolute Gasteiger partial charge is 0.414 e. The van der Waals surface area contributed by atoms with Gasteiger partial charge in [-0.1, -0.05) is 18.2 Å². The van der Waals surface area contributed by atoms with Crippen LogP contribution in [0.5, 0.6) is 0 Å². The average Bonchev–Trinajstić information content (AvgIpc) is 2.28. The van der Waals surface area contributed by atoms with E-state index in [1.54, 1.807) is 4.90 Å². The van der Waals surface area contributed by atoms with Gasteiger partial charge in [0.1, 0.15) is 5.60 Å². The maximum absolute atomic E-state index is 12.1. The normalized spacial score (nSPS) is 11.2. The summed E-state index contributed by atoms with van der Waals surface area (Å²) in [5.41, 5.74) is 6.95. The molecule has 0 saturated carbocycles. The van der Waals surface area contributed by atoms with Crippen molar-refractivity contribution in [2.24, 2.45) is 5.73 Å². The van der Waals surface area contributed by atoms with Crippen molar-refractivity contribution in [2.75, 3.05) is 11.4 Å². The van der Waals surface area contributed by atoms with Crippen molar-refractivity contribution in [3.63, 3.8) is 0 Å². The Morgan fingerprint density at radius 2 is 1.94 bits per heavy atom. The highest BCUT2D eigenvalue weighted by atomic mass is 16.6. The first-order valence-electron chi connectivity index (χ1n) is 6.17. The maximum atomic E-state index is 12.1. The first-order valence-corrected chi connectivity index (χ1v) is 6.17. The lowest BCUT2D eigenvalue weighted by molar-refractivity contribution is 0.0582. The van der Waals surface area contributed by atoms with Crippen molar-refractivity contribution in [1.29, 1.82) is 0 Å². The van der Waals surface area contributed by atoms with Crippen LogP contribution in [-0.4, -0.2) is 18.2 Å². The van der Waals surface area contributed by atoms with Crippen LogP contribution in [-0.2, 0) is 11.3 Å². The molecule has 18 heavy (non-hydrogen) atoms. The van der Waals surface area contributed by atoms with E-state index in [1.165, 1.54) is 0 Å². The molecular weight excluding hydrogens is 228 g/mol. The molecule has 4 heteroatoms. The van der Waals surface area contributed by atoms with Crippen LogP contribution in [0, 0.1) is 0 Å². The van der Waals surface area contributed by atoms with Crippen LogP contribution in [0.25, 0.3) is 0 Å². The first kappa shape index (κ1) is 14.5. The number of hydrogen-bond donors (Lipinski definition) is 1. The third-order valence-electron chi connectivity index (χ3n) is 2.43. The monoisotopic (exact) mass is 250 g/mol. The van der Waals surface area contributed by atoms with E-state index in [0.717, 1.165) is 11.3 Å². The molecule has 0 aliphatic rings. The van der Waals surface area contributed by atoms with Gasteiger partial charge in [-0.2, -0.15) is 0 Å². The zero-order valence-corrected chi connectivity index (χ0v) is 11.6. The standard InChI is InChI=1S/C14H22N2O2/c1-5-16(13(17)18-14(2,3)4)12-9-7-6-8-11(12)10-15/h6-9H,5,10,15H2,1-4H3. The molecular formula is C14H22N2O2. The molecule has 0 aliphatic carbocycles. The number of anilines is 1. The second kappa shape index (κ2) is 5.87. The lowest BCUT2D eigenvalue weighted by Gasteiger charge is -2.27. The number of ether oxygens (including phenoxy) is 1. The van der Waals surface area contributed by atoms with E-state index in [-0.39, 0.29) is 6.09 Å². The largest absolute Gasteiger partial charge is 0.443 e. The summed E-state index contributed by atoms with van der Waals surface area (Å²) in [5.74, 6) is 0. The Hall–Kier alpha value is -1.55. The van der Waals surface area contributed by atoms with Gasteiger partial charge in [0, 0.05) is 13.1 Å². The Balaban J connectivity index is 2.99. The van der Waals surface area contributed by atoms with Gasteiger partial charge < -0.3 is 10.5 Å². The summed E-state index contributed by atoms with van der Waals surface area (Å²) in [4.78, 5) is 13.7. The van der Waals surface area contributed by atoms with E-state index in [9.17, 15) is 4.79 Å². The van der Waals surface area contributed by atoms with Gasteiger partial charge in [0.25, 0.3) is 0 Å². The lowest BCUT2D eigenvalue weighted by Crippen LogP contribution is -2.37. The zero-order valence-electron chi connectivity index (χ0n) is 11.6. The molecule has 0 aromatic heterocycles. The van der Waals surface area contributed by atoms with Crippen LogP contribution in [0.3, 0.4) is 0 Å². The quantitative estimate of drug-likeness (QED) is 0.897. The minimum Gasteiger partial charge on any atom is -0.443 e. The SMILES string of the molecule is CCN(C(=O)OC(C)(C)C)c1ccccc1CN. The lowest BCUT2D eigenvalue weighted by atomic mass is 10.1. The molecule has 1 aromatic rings. The fourth-order valence-corrected chi connectivity index (χ4v) is 1.66. The molecule has 0 aliphatic heterocycles. The van der Waals surface area contributed by atoms with Gasteiger partial charge in [-0.15, -0.1) is 0 Å². The molecule has 100 valence electrons. The summed E-state index contributed by atoms with van der Waals surface area (Å²) in [7, 11) is 0. The van der Waals surface area contributed by atoms with Crippen molar-refractivity contribution in [1.82, 2.24) is 0 Å². The Morgan fingerprint density at radius 3 is 2.44 bits per heavy atom. The average molecular weight is 250 g/mol. The van der Waals surface area contributed by atoms with Crippen LogP contribution in [0.15, 0.2) is 24.3 Å². The van der Waals surface area contributed by atoms with E-state index in [0.29, 0.717) is 13.1 Å². The summed E-state index contributed by atoms with van der Waals surface area (Å²) in [5, 5.41) is 0. The summed E-state index contributed by atoms with van der Waals surface area (Å²) in [6, 6.07) is 7.61. The van der Waals surface area contributed by atoms with Gasteiger partial charge >= 0.3 is 6.09 Å². The summed E-state index contributed by atoms with van der Waals surface area (Å²) in [6.45, 7) is 8.42. The number of amides is 1. The van der Waals surface area contributed by atoms with Gasteiger partial charge in [0.15, 0.2) is 0 Å². The number of carbonyl (C=O) groups excluding carboxylic acids is 1. The topological polar surface area (TPSA) is 55.6 Å². The van der Waals surface area contributed by atoms with Gasteiger partial charge in [0.2, 0.25) is 0 Å². The zero-order chi connectivity index (χ0) is 13.8. The summed E-state index contributed by atoms with van der Waals surface area (Å²) in [6.07, 6.45) is -0.342. The van der Waals surface area contributed by atoms with E-state index < -0.39 is 5.60 Å². The predicted molar refractivity (Wildman–Crippen MR) is 73.6 cm³/mol. The number of hydrogen-bond acceptors (Lipinski definition) is 3. The fraction of sp³-hybridized carbons (Fsp3) is 0.500. The van der Waals surface area contributed by atoms with Crippen molar-refractivity contribution < 1.29 is 9.53 Å². The van der Waals surface area contributed by atoms with E-state index in [1.807, 2.05) is 52.0 Å². The minimum absolute atomic E-state index is 0.342. The third kappa shape index (κ3) is 3.74. The molecule has 2 N–H and O–H groups in total. The van der Waals surface area contributed by atoms with E-state index in [4.69, 9.17) is 10.5 Å². The number of nitrogens with two attached hydrogens (primary N) is 1. The number of benzene rings is 1. The van der Waals surface area contributed by atoms with Crippen molar-refractivity contribution in [2.45, 2.75) is 39.8 Å². The molecule has 0 spiro atoms. The van der Waals surface area contributed by atoms with Gasteiger partial charge in [-0.05, 0) is 39.3 Å². The molecule has 0 bridgehead atoms. The second-order valence-electron chi connectivity index (χ2n) is 5.06. The molecule has 1 rings (SSSR count). The predicted octanol–water partition coefficient (Wildman–Crippen LogP) is 2.91.